The summed E-state index contributed by atoms with van der Waals surface area (Å²) in [5, 5.41) is 14.2. The van der Waals surface area contributed by atoms with Crippen LogP contribution in [0.5, 0.6) is 0 Å². The minimum atomic E-state index is -0.460. The third-order valence-electron chi connectivity index (χ3n) is 3.28. The van der Waals surface area contributed by atoms with Crippen LogP contribution in [0.25, 0.3) is 16.3 Å². The number of fused-ring (bicyclic) bond motifs is 1. The molecule has 3 rings (SSSR count). The van der Waals surface area contributed by atoms with E-state index in [2.05, 4.69) is 10.3 Å². The fraction of sp³-hybridized carbons (Fsp3) is 0.0588. The maximum Gasteiger partial charge on any atom is 0.269 e. The lowest BCUT2D eigenvalue weighted by Crippen LogP contribution is -2.19. The van der Waals surface area contributed by atoms with Gasteiger partial charge in [0.05, 0.1) is 21.7 Å². The van der Waals surface area contributed by atoms with E-state index in [9.17, 15) is 14.9 Å². The fourth-order valence-corrected chi connectivity index (χ4v) is 3.00. The van der Waals surface area contributed by atoms with E-state index in [0.717, 1.165) is 20.8 Å². The van der Waals surface area contributed by atoms with Gasteiger partial charge in [0.15, 0.2) is 0 Å². The van der Waals surface area contributed by atoms with Crippen molar-refractivity contribution in [2.24, 2.45) is 0 Å². The molecule has 0 aliphatic heterocycles. The van der Waals surface area contributed by atoms with Gasteiger partial charge in [-0.3, -0.25) is 14.9 Å². The standard InChI is InChI=1S/C17H13N3O3S/c21-16(10-7-12-5-8-13(9-6-12)20(22)23)18-11-17-19-14-3-1-2-4-15(14)24-17/h1-10H,11H2,(H,18,21). The highest BCUT2D eigenvalue weighted by Crippen LogP contribution is 2.21. The van der Waals surface area contributed by atoms with Gasteiger partial charge < -0.3 is 5.32 Å². The molecule has 7 heteroatoms. The van der Waals surface area contributed by atoms with Gasteiger partial charge >= 0.3 is 0 Å². The van der Waals surface area contributed by atoms with E-state index in [-0.39, 0.29) is 11.6 Å². The van der Waals surface area contributed by atoms with Gasteiger partial charge in [-0.15, -0.1) is 11.3 Å². The van der Waals surface area contributed by atoms with Crippen LogP contribution >= 0.6 is 11.3 Å². The Morgan fingerprint density at radius 3 is 2.67 bits per heavy atom. The Labute approximate surface area is 141 Å². The van der Waals surface area contributed by atoms with Crippen LogP contribution in [0.4, 0.5) is 5.69 Å². The molecule has 2 aromatic carbocycles. The first-order valence-corrected chi connectivity index (χ1v) is 7.98. The van der Waals surface area contributed by atoms with E-state index >= 15 is 0 Å². The number of hydrogen-bond acceptors (Lipinski definition) is 5. The van der Waals surface area contributed by atoms with Crippen molar-refractivity contribution in [2.75, 3.05) is 0 Å². The number of rotatable bonds is 5. The molecule has 0 unspecified atom stereocenters. The van der Waals surface area contributed by atoms with Gasteiger partial charge in [0.25, 0.3) is 5.69 Å². The molecule has 0 atom stereocenters. The number of carbonyl (C=O) groups is 1. The molecule has 1 N–H and O–H groups in total. The molecule has 0 bridgehead atoms. The Bertz CT molecular complexity index is 883. The zero-order valence-corrected chi connectivity index (χ0v) is 13.3. The van der Waals surface area contributed by atoms with Crippen LogP contribution in [0.1, 0.15) is 10.6 Å². The minimum absolute atomic E-state index is 0.0208. The largest absolute Gasteiger partial charge is 0.346 e. The number of hydrogen-bond donors (Lipinski definition) is 1. The van der Waals surface area contributed by atoms with E-state index in [1.165, 1.54) is 18.2 Å². The van der Waals surface area contributed by atoms with Crippen LogP contribution in [0, 0.1) is 10.1 Å². The quantitative estimate of drug-likeness (QED) is 0.438. The highest BCUT2D eigenvalue weighted by Gasteiger charge is 2.05. The molecule has 1 amide bonds. The van der Waals surface area contributed by atoms with Gasteiger partial charge in [-0.05, 0) is 35.9 Å². The van der Waals surface area contributed by atoms with E-state index in [1.807, 2.05) is 24.3 Å². The highest BCUT2D eigenvalue weighted by molar-refractivity contribution is 7.18. The average molecular weight is 339 g/mol. The summed E-state index contributed by atoms with van der Waals surface area (Å²) < 4.78 is 1.09. The molecule has 0 aliphatic carbocycles. The van der Waals surface area contributed by atoms with Crippen molar-refractivity contribution in [1.82, 2.24) is 10.3 Å². The van der Waals surface area contributed by atoms with Crippen molar-refractivity contribution in [1.29, 1.82) is 0 Å². The lowest BCUT2D eigenvalue weighted by Gasteiger charge is -1.98. The van der Waals surface area contributed by atoms with Crippen LogP contribution in [0.3, 0.4) is 0 Å². The van der Waals surface area contributed by atoms with E-state index < -0.39 is 4.92 Å². The molecule has 0 saturated heterocycles. The van der Waals surface area contributed by atoms with Gasteiger partial charge in [-0.2, -0.15) is 0 Å². The van der Waals surface area contributed by atoms with Crippen molar-refractivity contribution in [2.45, 2.75) is 6.54 Å². The van der Waals surface area contributed by atoms with Gasteiger partial charge in [-0.1, -0.05) is 12.1 Å². The molecule has 0 spiro atoms. The SMILES string of the molecule is O=C(C=Cc1ccc([N+](=O)[O-])cc1)NCc1nc2ccccc2s1. The molecule has 24 heavy (non-hydrogen) atoms. The normalized spacial score (nSPS) is 11.0. The van der Waals surface area contributed by atoms with Gasteiger partial charge in [0.2, 0.25) is 5.91 Å². The predicted octanol–water partition coefficient (Wildman–Crippen LogP) is 3.53. The summed E-state index contributed by atoms with van der Waals surface area (Å²) in [4.78, 5) is 26.4. The molecule has 1 heterocycles. The maximum atomic E-state index is 11.9. The number of aromatic nitrogens is 1. The molecule has 0 saturated carbocycles. The van der Waals surface area contributed by atoms with Crippen molar-refractivity contribution in [3.8, 4) is 0 Å². The molecule has 1 aromatic heterocycles. The Hall–Kier alpha value is -3.06. The molecule has 6 nitrogen and oxygen atoms in total. The number of nitrogens with zero attached hydrogens (tertiary/aromatic N) is 2. The summed E-state index contributed by atoms with van der Waals surface area (Å²) >= 11 is 1.54. The second-order valence-corrected chi connectivity index (χ2v) is 6.09. The average Bonchev–Trinajstić information content (AvgIpc) is 3.01. The topological polar surface area (TPSA) is 85.1 Å². The van der Waals surface area contributed by atoms with Crippen molar-refractivity contribution in [3.63, 3.8) is 0 Å². The van der Waals surface area contributed by atoms with E-state index in [4.69, 9.17) is 0 Å². The number of para-hydroxylation sites is 1. The van der Waals surface area contributed by atoms with Crippen LogP contribution in [-0.2, 0) is 11.3 Å². The predicted molar refractivity (Wildman–Crippen MR) is 93.6 cm³/mol. The van der Waals surface area contributed by atoms with Crippen LogP contribution < -0.4 is 5.32 Å². The summed E-state index contributed by atoms with van der Waals surface area (Å²) in [5.74, 6) is -0.243. The highest BCUT2D eigenvalue weighted by atomic mass is 32.1. The third kappa shape index (κ3) is 3.82. The molecule has 0 aliphatic rings. The summed E-state index contributed by atoms with van der Waals surface area (Å²) in [6, 6.07) is 13.8. The Morgan fingerprint density at radius 2 is 1.96 bits per heavy atom. The second-order valence-electron chi connectivity index (χ2n) is 4.98. The van der Waals surface area contributed by atoms with Gasteiger partial charge in [-0.25, -0.2) is 4.98 Å². The lowest BCUT2D eigenvalue weighted by molar-refractivity contribution is -0.384. The van der Waals surface area contributed by atoms with Crippen molar-refractivity contribution in [3.05, 3.63) is 75.3 Å². The van der Waals surface area contributed by atoms with Crippen LogP contribution in [0.15, 0.2) is 54.6 Å². The Morgan fingerprint density at radius 1 is 1.21 bits per heavy atom. The molecule has 3 aromatic rings. The third-order valence-corrected chi connectivity index (χ3v) is 4.32. The Balaban J connectivity index is 1.57. The number of carbonyl (C=O) groups excluding carboxylic acids is 1. The summed E-state index contributed by atoms with van der Waals surface area (Å²) in [6.45, 7) is 0.364. The first kappa shape index (κ1) is 15.8. The fourth-order valence-electron chi connectivity index (χ4n) is 2.10. The number of non-ortho nitro benzene ring substituents is 1. The summed E-state index contributed by atoms with van der Waals surface area (Å²) in [5.41, 5.74) is 1.66. The van der Waals surface area contributed by atoms with Crippen LogP contribution in [0.2, 0.25) is 0 Å². The summed E-state index contributed by atoms with van der Waals surface area (Å²) in [7, 11) is 0. The molecule has 0 fully saturated rings. The van der Waals surface area contributed by atoms with Crippen molar-refractivity contribution < 1.29 is 9.72 Å². The zero-order chi connectivity index (χ0) is 16.9. The first-order chi connectivity index (χ1) is 11.6. The smallest absolute Gasteiger partial charge is 0.269 e. The number of thiazole rings is 1. The Kier molecular flexibility index (Phi) is 4.62. The van der Waals surface area contributed by atoms with Crippen molar-refractivity contribution >= 4 is 39.2 Å². The monoisotopic (exact) mass is 339 g/mol. The molecule has 0 radical (unpaired) electrons. The van der Waals surface area contributed by atoms with Crippen LogP contribution in [-0.4, -0.2) is 15.8 Å². The summed E-state index contributed by atoms with van der Waals surface area (Å²) in [6.07, 6.45) is 3.01. The number of benzene rings is 2. The minimum Gasteiger partial charge on any atom is -0.346 e. The zero-order valence-electron chi connectivity index (χ0n) is 12.5. The van der Waals surface area contributed by atoms with E-state index in [0.29, 0.717) is 6.54 Å². The van der Waals surface area contributed by atoms with E-state index in [1.54, 1.807) is 29.5 Å². The van der Waals surface area contributed by atoms with Gasteiger partial charge in [0.1, 0.15) is 5.01 Å². The van der Waals surface area contributed by atoms with Gasteiger partial charge in [0, 0.05) is 18.2 Å². The first-order valence-electron chi connectivity index (χ1n) is 7.16. The number of amides is 1. The lowest BCUT2D eigenvalue weighted by atomic mass is 10.2. The maximum absolute atomic E-state index is 11.9. The second kappa shape index (κ2) is 7.01. The molecule has 120 valence electrons. The number of nitro groups is 1. The number of nitrogens with one attached hydrogen (secondary N) is 1. The molecular weight excluding hydrogens is 326 g/mol. The number of nitro benzene ring substituents is 1. The molecular formula is C17H13N3O3S.